The summed E-state index contributed by atoms with van der Waals surface area (Å²) in [6, 6.07) is 3.43. The Labute approximate surface area is 68.9 Å². The summed E-state index contributed by atoms with van der Waals surface area (Å²) in [6.07, 6.45) is 0. The van der Waals surface area contributed by atoms with Gasteiger partial charge < -0.3 is 0 Å². The van der Waals surface area contributed by atoms with E-state index in [0.29, 0.717) is 0 Å². The Bertz CT molecular complexity index is 269. The zero-order valence-electron chi connectivity index (χ0n) is 5.27. The van der Waals surface area contributed by atoms with Gasteiger partial charge in [0, 0.05) is 0 Å². The van der Waals surface area contributed by atoms with Crippen LogP contribution in [0.15, 0.2) is 0 Å². The number of carbonyl (C=O) groups is 2. The van der Waals surface area contributed by atoms with E-state index in [4.69, 9.17) is 10.5 Å². The van der Waals surface area contributed by atoms with Crippen molar-refractivity contribution in [1.29, 1.82) is 10.5 Å². The molecule has 0 radical (unpaired) electrons. The van der Waals surface area contributed by atoms with E-state index in [1.54, 1.807) is 12.1 Å². The summed E-state index contributed by atoms with van der Waals surface area (Å²) < 4.78 is 0. The number of ketones is 2. The van der Waals surface area contributed by atoms with Gasteiger partial charge in [-0.15, -0.1) is 0 Å². The number of hydrogen-bond donors (Lipinski definition) is 0. The van der Waals surface area contributed by atoms with Crippen molar-refractivity contribution in [2.24, 2.45) is 0 Å². The fourth-order valence-corrected chi connectivity index (χ4v) is 2.53. The molecule has 0 N–H and O–H groups in total. The molecule has 1 rings (SSSR count). The third-order valence-corrected chi connectivity index (χ3v) is 3.71. The fraction of sp³-hybridized carbons (Fsp3) is 0.333. The van der Waals surface area contributed by atoms with Gasteiger partial charge in [0.15, 0.2) is 0 Å². The van der Waals surface area contributed by atoms with Gasteiger partial charge in [0.25, 0.3) is 0 Å². The van der Waals surface area contributed by atoms with Gasteiger partial charge in [0.05, 0.1) is 0 Å². The monoisotopic (exact) mass is 214 g/mol. The molecule has 0 aliphatic carbocycles. The molecule has 11 heavy (non-hydrogen) atoms. The van der Waals surface area contributed by atoms with Gasteiger partial charge in [0.1, 0.15) is 0 Å². The van der Waals surface area contributed by atoms with Crippen molar-refractivity contribution in [2.75, 3.05) is 0 Å². The van der Waals surface area contributed by atoms with Crippen LogP contribution >= 0.6 is 0 Å². The van der Waals surface area contributed by atoms with Crippen molar-refractivity contribution in [3.05, 3.63) is 0 Å². The number of hydrogen-bond acceptors (Lipinski definition) is 4. The van der Waals surface area contributed by atoms with E-state index in [2.05, 4.69) is 0 Å². The molecule has 2 unspecified atom stereocenters. The third kappa shape index (κ3) is 1.17. The summed E-state index contributed by atoms with van der Waals surface area (Å²) >= 11 is -0.475. The summed E-state index contributed by atoms with van der Waals surface area (Å²) in [5.74, 6) is -1.36. The molecule has 1 heterocycles. The Morgan fingerprint density at radius 2 is 1.45 bits per heavy atom. The molecule has 1 aliphatic heterocycles. The summed E-state index contributed by atoms with van der Waals surface area (Å²) in [7, 11) is 0. The number of nitrogens with zero attached hydrogens (tertiary/aromatic N) is 2. The summed E-state index contributed by atoms with van der Waals surface area (Å²) in [5, 5.41) is 16.7. The summed E-state index contributed by atoms with van der Waals surface area (Å²) in [4.78, 5) is 20.0. The zero-order valence-corrected chi connectivity index (χ0v) is 6.99. The van der Waals surface area contributed by atoms with Crippen LogP contribution in [0.1, 0.15) is 0 Å². The minimum atomic E-state index is -0.820. The van der Waals surface area contributed by atoms with E-state index in [-0.39, 0.29) is 0 Å². The normalized spacial score (nSPS) is 29.6. The number of carbonyl (C=O) groups excluding carboxylic acids is 2. The molecule has 5 heteroatoms. The van der Waals surface area contributed by atoms with Crippen LogP contribution in [0.3, 0.4) is 0 Å². The Morgan fingerprint density at radius 1 is 1.09 bits per heavy atom. The van der Waals surface area contributed by atoms with Crippen LogP contribution in [0.2, 0.25) is 9.63 Å². The van der Waals surface area contributed by atoms with Crippen LogP contribution in [-0.2, 0) is 9.59 Å². The van der Waals surface area contributed by atoms with Crippen molar-refractivity contribution in [3.8, 4) is 12.1 Å². The second-order valence-electron chi connectivity index (χ2n) is 1.88. The van der Waals surface area contributed by atoms with Crippen molar-refractivity contribution < 1.29 is 9.59 Å². The summed E-state index contributed by atoms with van der Waals surface area (Å²) in [5.41, 5.74) is 0. The molecule has 1 saturated heterocycles. The second-order valence-corrected chi connectivity index (χ2v) is 4.43. The average molecular weight is 213 g/mol. The number of Topliss-reactive ketones (excluding diaryl/α,β-unsaturated/α-hetero) is 2. The Balaban J connectivity index is 2.90. The maximum absolute atomic E-state index is 10.8. The van der Waals surface area contributed by atoms with Gasteiger partial charge in [-0.2, -0.15) is 0 Å². The second kappa shape index (κ2) is 2.84. The van der Waals surface area contributed by atoms with Crippen LogP contribution in [0.4, 0.5) is 0 Å². The van der Waals surface area contributed by atoms with Crippen LogP contribution < -0.4 is 0 Å². The molecular formula is C6H2N2O2Se. The van der Waals surface area contributed by atoms with E-state index < -0.39 is 36.2 Å². The SMILES string of the molecule is N#CC1[Se]C(C#N)C(=O)C1=O. The molecule has 0 amide bonds. The van der Waals surface area contributed by atoms with Crippen molar-refractivity contribution in [2.45, 2.75) is 9.63 Å². The van der Waals surface area contributed by atoms with E-state index in [0.717, 1.165) is 0 Å². The first-order valence-corrected chi connectivity index (χ1v) is 4.71. The number of rotatable bonds is 0. The predicted molar refractivity (Wildman–Crippen MR) is 34.5 cm³/mol. The molecule has 0 aromatic heterocycles. The molecule has 0 spiro atoms. The molecule has 4 nitrogen and oxygen atoms in total. The van der Waals surface area contributed by atoms with Crippen LogP contribution in [0.5, 0.6) is 0 Å². The first kappa shape index (κ1) is 7.94. The van der Waals surface area contributed by atoms with Crippen molar-refractivity contribution in [1.82, 2.24) is 0 Å². The molecule has 1 aliphatic rings. The minimum absolute atomic E-state index is 0.475. The first-order chi connectivity index (χ1) is 5.20. The predicted octanol–water partition coefficient (Wildman–Crippen LogP) is -0.533. The van der Waals surface area contributed by atoms with Gasteiger partial charge in [0.2, 0.25) is 0 Å². The molecule has 1 fully saturated rings. The van der Waals surface area contributed by atoms with Crippen LogP contribution in [-0.4, -0.2) is 26.5 Å². The van der Waals surface area contributed by atoms with E-state index in [1.165, 1.54) is 0 Å². The van der Waals surface area contributed by atoms with E-state index in [1.807, 2.05) is 0 Å². The zero-order chi connectivity index (χ0) is 8.43. The van der Waals surface area contributed by atoms with Gasteiger partial charge >= 0.3 is 68.4 Å². The van der Waals surface area contributed by atoms with E-state index in [9.17, 15) is 9.59 Å². The molecule has 0 aromatic carbocycles. The van der Waals surface area contributed by atoms with E-state index >= 15 is 0 Å². The van der Waals surface area contributed by atoms with Crippen LogP contribution in [0, 0.1) is 22.7 Å². The molecule has 54 valence electrons. The molecule has 0 aromatic rings. The molecular weight excluding hydrogens is 211 g/mol. The summed E-state index contributed by atoms with van der Waals surface area (Å²) in [6.45, 7) is 0. The first-order valence-electron chi connectivity index (χ1n) is 2.73. The Hall–Kier alpha value is -1.16. The van der Waals surface area contributed by atoms with Gasteiger partial charge in [-0.05, 0) is 0 Å². The van der Waals surface area contributed by atoms with Gasteiger partial charge in [-0.3, -0.25) is 0 Å². The Kier molecular flexibility index (Phi) is 2.05. The quantitative estimate of drug-likeness (QED) is 0.400. The molecule has 0 saturated carbocycles. The van der Waals surface area contributed by atoms with Crippen molar-refractivity contribution in [3.63, 3.8) is 0 Å². The van der Waals surface area contributed by atoms with Gasteiger partial charge in [-0.25, -0.2) is 0 Å². The molecule has 2 atom stereocenters. The topological polar surface area (TPSA) is 81.7 Å². The standard InChI is InChI=1S/C6H2N2O2Se/c7-1-3-5(9)6(10)4(2-8)11-3/h3-4H. The van der Waals surface area contributed by atoms with Crippen molar-refractivity contribution >= 4 is 26.5 Å². The fourth-order valence-electron chi connectivity index (χ4n) is 0.696. The maximum atomic E-state index is 10.8. The molecule has 0 bridgehead atoms. The Morgan fingerprint density at radius 3 is 1.64 bits per heavy atom. The van der Waals surface area contributed by atoms with Crippen LogP contribution in [0.25, 0.3) is 0 Å². The third-order valence-electron chi connectivity index (χ3n) is 1.23. The number of nitriles is 2. The average Bonchev–Trinajstić information content (AvgIpc) is 2.30. The van der Waals surface area contributed by atoms with Gasteiger partial charge in [-0.1, -0.05) is 0 Å².